The Morgan fingerprint density at radius 2 is 1.74 bits per heavy atom. The molecule has 2 aromatic rings. The average Bonchev–Trinajstić information content (AvgIpc) is 2.43. The van der Waals surface area contributed by atoms with Gasteiger partial charge in [0, 0.05) is 0 Å². The molecule has 0 aliphatic rings. The summed E-state index contributed by atoms with van der Waals surface area (Å²) in [7, 11) is 0. The van der Waals surface area contributed by atoms with Gasteiger partial charge in [0.25, 0.3) is 0 Å². The van der Waals surface area contributed by atoms with Gasteiger partial charge in [0.1, 0.15) is 13.2 Å². The Balaban J connectivity index is 1.99. The van der Waals surface area contributed by atoms with Crippen LogP contribution in [0.3, 0.4) is 0 Å². The summed E-state index contributed by atoms with van der Waals surface area (Å²) in [6, 6.07) is 15.0. The lowest BCUT2D eigenvalue weighted by Crippen LogP contribution is -2.04. The lowest BCUT2D eigenvalue weighted by atomic mass is 10.0. The van der Waals surface area contributed by atoms with E-state index in [4.69, 9.17) is 15.0 Å². The number of hydrogen-bond donors (Lipinski definition) is 1. The molecule has 0 aliphatic heterocycles. The van der Waals surface area contributed by atoms with Crippen LogP contribution in [0.4, 0.5) is 0 Å². The SMILES string of the molecule is Cc1cccc(COO)c1COOc1ccccc1. The number of para-hydroxylation sites is 1. The fraction of sp³-hybridized carbons (Fsp3) is 0.200. The minimum atomic E-state index is 0.131. The minimum absolute atomic E-state index is 0.131. The van der Waals surface area contributed by atoms with Crippen molar-refractivity contribution in [1.29, 1.82) is 0 Å². The Hall–Kier alpha value is -1.88. The molecule has 0 radical (unpaired) electrons. The van der Waals surface area contributed by atoms with Gasteiger partial charge in [0.15, 0.2) is 5.75 Å². The van der Waals surface area contributed by atoms with Gasteiger partial charge in [-0.1, -0.05) is 36.4 Å². The molecule has 1 N–H and O–H groups in total. The van der Waals surface area contributed by atoms with Gasteiger partial charge in [-0.15, -0.1) is 0 Å². The van der Waals surface area contributed by atoms with Crippen molar-refractivity contribution in [3.8, 4) is 5.75 Å². The van der Waals surface area contributed by atoms with E-state index in [0.717, 1.165) is 16.7 Å². The molecular weight excluding hydrogens is 244 g/mol. The second kappa shape index (κ2) is 6.89. The summed E-state index contributed by atoms with van der Waals surface area (Å²) in [6.45, 7) is 2.40. The maximum atomic E-state index is 8.57. The topological polar surface area (TPSA) is 47.9 Å². The Morgan fingerprint density at radius 1 is 0.947 bits per heavy atom. The first-order valence-corrected chi connectivity index (χ1v) is 5.99. The van der Waals surface area contributed by atoms with E-state index in [1.54, 1.807) is 0 Å². The van der Waals surface area contributed by atoms with Crippen LogP contribution in [0.2, 0.25) is 0 Å². The molecule has 19 heavy (non-hydrogen) atoms. The van der Waals surface area contributed by atoms with Gasteiger partial charge in [-0.2, -0.15) is 4.89 Å². The van der Waals surface area contributed by atoms with Crippen molar-refractivity contribution in [3.63, 3.8) is 0 Å². The Kier molecular flexibility index (Phi) is 4.92. The van der Waals surface area contributed by atoms with Crippen molar-refractivity contribution in [2.45, 2.75) is 20.1 Å². The highest BCUT2D eigenvalue weighted by atomic mass is 17.2. The fourth-order valence-corrected chi connectivity index (χ4v) is 1.81. The van der Waals surface area contributed by atoms with E-state index in [0.29, 0.717) is 12.4 Å². The molecule has 0 bridgehead atoms. The van der Waals surface area contributed by atoms with Gasteiger partial charge in [-0.05, 0) is 35.7 Å². The van der Waals surface area contributed by atoms with E-state index in [2.05, 4.69) is 4.89 Å². The van der Waals surface area contributed by atoms with Gasteiger partial charge >= 0.3 is 0 Å². The highest BCUT2D eigenvalue weighted by molar-refractivity contribution is 5.33. The zero-order valence-electron chi connectivity index (χ0n) is 10.7. The second-order valence-electron chi connectivity index (χ2n) is 4.14. The van der Waals surface area contributed by atoms with E-state index in [9.17, 15) is 0 Å². The number of benzene rings is 2. The van der Waals surface area contributed by atoms with Crippen molar-refractivity contribution in [2.24, 2.45) is 0 Å². The van der Waals surface area contributed by atoms with Crippen LogP contribution in [0.5, 0.6) is 5.75 Å². The molecule has 4 nitrogen and oxygen atoms in total. The van der Waals surface area contributed by atoms with Gasteiger partial charge in [-0.25, -0.2) is 4.89 Å². The first kappa shape index (κ1) is 13.5. The van der Waals surface area contributed by atoms with Crippen LogP contribution in [-0.2, 0) is 23.0 Å². The third kappa shape index (κ3) is 3.79. The molecule has 0 fully saturated rings. The van der Waals surface area contributed by atoms with Crippen molar-refractivity contribution in [2.75, 3.05) is 0 Å². The Morgan fingerprint density at radius 3 is 2.47 bits per heavy atom. The van der Waals surface area contributed by atoms with Crippen LogP contribution < -0.4 is 4.89 Å². The van der Waals surface area contributed by atoms with E-state index in [1.165, 1.54) is 0 Å². The molecule has 100 valence electrons. The lowest BCUT2D eigenvalue weighted by molar-refractivity contribution is -0.253. The summed E-state index contributed by atoms with van der Waals surface area (Å²) in [4.78, 5) is 14.6. The van der Waals surface area contributed by atoms with Gasteiger partial charge < -0.3 is 4.89 Å². The van der Waals surface area contributed by atoms with Crippen LogP contribution in [0.15, 0.2) is 48.5 Å². The monoisotopic (exact) mass is 260 g/mol. The molecule has 0 aliphatic carbocycles. The summed E-state index contributed by atoms with van der Waals surface area (Å²) < 4.78 is 0. The summed E-state index contributed by atoms with van der Waals surface area (Å²) in [6.07, 6.45) is 0. The first-order chi connectivity index (χ1) is 9.31. The van der Waals surface area contributed by atoms with Crippen LogP contribution in [0.1, 0.15) is 16.7 Å². The highest BCUT2D eigenvalue weighted by Crippen LogP contribution is 2.17. The molecule has 0 saturated carbocycles. The summed E-state index contributed by atoms with van der Waals surface area (Å²) >= 11 is 0. The molecule has 0 spiro atoms. The molecular formula is C15H16O4. The molecule has 4 heteroatoms. The normalized spacial score (nSPS) is 10.4. The molecule has 0 heterocycles. The maximum absolute atomic E-state index is 8.57. The van der Waals surface area contributed by atoms with E-state index < -0.39 is 0 Å². The molecule has 0 unspecified atom stereocenters. The predicted octanol–water partition coefficient (Wildman–Crippen LogP) is 3.50. The van der Waals surface area contributed by atoms with Crippen LogP contribution in [0.25, 0.3) is 0 Å². The zero-order valence-corrected chi connectivity index (χ0v) is 10.7. The predicted molar refractivity (Wildman–Crippen MR) is 70.5 cm³/mol. The van der Waals surface area contributed by atoms with Gasteiger partial charge in [0.05, 0.1) is 0 Å². The molecule has 0 saturated heterocycles. The molecule has 0 amide bonds. The van der Waals surface area contributed by atoms with Crippen molar-refractivity contribution < 1.29 is 19.9 Å². The summed E-state index contributed by atoms with van der Waals surface area (Å²) in [5.74, 6) is 0.649. The van der Waals surface area contributed by atoms with Crippen LogP contribution in [0, 0.1) is 6.92 Å². The Labute approximate surface area is 112 Å². The zero-order chi connectivity index (χ0) is 13.5. The molecule has 0 atom stereocenters. The summed E-state index contributed by atoms with van der Waals surface area (Å²) in [5.41, 5.74) is 2.89. The quantitative estimate of drug-likeness (QED) is 0.638. The Bertz CT molecular complexity index is 511. The van der Waals surface area contributed by atoms with Crippen LogP contribution >= 0.6 is 0 Å². The third-order valence-corrected chi connectivity index (χ3v) is 2.83. The first-order valence-electron chi connectivity index (χ1n) is 5.99. The third-order valence-electron chi connectivity index (χ3n) is 2.83. The van der Waals surface area contributed by atoms with Gasteiger partial charge in [0.2, 0.25) is 0 Å². The van der Waals surface area contributed by atoms with Crippen molar-refractivity contribution in [3.05, 3.63) is 65.2 Å². The highest BCUT2D eigenvalue weighted by Gasteiger charge is 2.07. The van der Waals surface area contributed by atoms with Gasteiger partial charge in [-0.3, -0.25) is 5.26 Å². The van der Waals surface area contributed by atoms with E-state index in [-0.39, 0.29) is 6.61 Å². The fourth-order valence-electron chi connectivity index (χ4n) is 1.81. The molecule has 2 aromatic carbocycles. The number of hydrogen-bond acceptors (Lipinski definition) is 4. The smallest absolute Gasteiger partial charge is 0.165 e. The van der Waals surface area contributed by atoms with Crippen molar-refractivity contribution >= 4 is 0 Å². The summed E-state index contributed by atoms with van der Waals surface area (Å²) in [5, 5.41) is 8.57. The standard InChI is InChI=1S/C15H16O4/c1-12-6-5-7-13(10-17-16)15(12)11-18-19-14-8-3-2-4-9-14/h2-9,16H,10-11H2,1H3. The van der Waals surface area contributed by atoms with Crippen LogP contribution in [-0.4, -0.2) is 5.26 Å². The van der Waals surface area contributed by atoms with Crippen molar-refractivity contribution in [1.82, 2.24) is 0 Å². The minimum Gasteiger partial charge on any atom is -0.337 e. The molecule has 2 rings (SSSR count). The number of rotatable bonds is 6. The maximum Gasteiger partial charge on any atom is 0.165 e. The average molecular weight is 260 g/mol. The second-order valence-corrected chi connectivity index (χ2v) is 4.14. The largest absolute Gasteiger partial charge is 0.337 e. The molecule has 0 aromatic heterocycles. The number of aryl methyl sites for hydroxylation is 1. The van der Waals surface area contributed by atoms with E-state index in [1.807, 2.05) is 55.5 Å². The lowest BCUT2D eigenvalue weighted by Gasteiger charge is -2.11. The van der Waals surface area contributed by atoms with E-state index >= 15 is 0 Å².